The molecule has 3 atom stereocenters. The summed E-state index contributed by atoms with van der Waals surface area (Å²) in [5.41, 5.74) is 2.28. The van der Waals surface area contributed by atoms with Crippen LogP contribution in [0.5, 0.6) is 5.75 Å². The minimum absolute atomic E-state index is 0.0312. The number of hydrogen-bond acceptors (Lipinski definition) is 11. The van der Waals surface area contributed by atoms with E-state index >= 15 is 0 Å². The molecule has 15 nitrogen and oxygen atoms in total. The Hall–Kier alpha value is -6.77. The monoisotopic (exact) mass is 838 g/mol. The smallest absolute Gasteiger partial charge is 0.363 e. The highest BCUT2D eigenvalue weighted by atomic mass is 16.7. The molecule has 1 aromatic heterocycles. The number of esters is 1. The molecule has 3 aromatic carbocycles. The molecule has 0 aliphatic heterocycles. The van der Waals surface area contributed by atoms with Gasteiger partial charge < -0.3 is 34.7 Å². The summed E-state index contributed by atoms with van der Waals surface area (Å²) >= 11 is 0. The summed E-state index contributed by atoms with van der Waals surface area (Å²) < 4.78 is 17.0. The van der Waals surface area contributed by atoms with Crippen LogP contribution in [0.4, 0.5) is 0 Å². The van der Waals surface area contributed by atoms with Gasteiger partial charge in [0.05, 0.1) is 36.4 Å². The summed E-state index contributed by atoms with van der Waals surface area (Å²) in [4.78, 5) is 95.9. The van der Waals surface area contributed by atoms with Gasteiger partial charge in [0.15, 0.2) is 5.76 Å². The molecule has 0 saturated heterocycles. The lowest BCUT2D eigenvalue weighted by Crippen LogP contribution is -2.49. The van der Waals surface area contributed by atoms with Crippen molar-refractivity contribution >= 4 is 41.9 Å². The maximum Gasteiger partial charge on any atom is 0.363 e. The van der Waals surface area contributed by atoms with Crippen molar-refractivity contribution in [3.8, 4) is 17.1 Å². The van der Waals surface area contributed by atoms with Gasteiger partial charge in [-0.25, -0.2) is 9.59 Å². The Balaban J connectivity index is 1.41. The van der Waals surface area contributed by atoms with E-state index in [0.717, 1.165) is 23.5 Å². The fraction of sp³-hybridized carbons (Fsp3) is 0.370. The topological polar surface area (TPSA) is 200 Å². The Morgan fingerprint density at radius 1 is 0.836 bits per heavy atom. The Morgan fingerprint density at radius 2 is 1.57 bits per heavy atom. The molecule has 4 amide bonds. The second-order valence-electron chi connectivity index (χ2n) is 14.3. The van der Waals surface area contributed by atoms with Crippen molar-refractivity contribution in [2.24, 2.45) is 5.92 Å². The van der Waals surface area contributed by atoms with Crippen LogP contribution in [0.2, 0.25) is 0 Å². The summed E-state index contributed by atoms with van der Waals surface area (Å²) in [6.07, 6.45) is 3.28. The van der Waals surface area contributed by atoms with Crippen molar-refractivity contribution in [1.29, 1.82) is 0 Å². The van der Waals surface area contributed by atoms with Crippen LogP contribution in [0.3, 0.4) is 0 Å². The Labute approximate surface area is 355 Å². The number of ether oxygens (including phenoxy) is 2. The first-order valence-electron chi connectivity index (χ1n) is 20.4. The molecule has 0 aliphatic rings. The van der Waals surface area contributed by atoms with Gasteiger partial charge in [0.2, 0.25) is 12.3 Å². The molecule has 1 heterocycles. The molecule has 0 unspecified atom stereocenters. The van der Waals surface area contributed by atoms with Crippen molar-refractivity contribution in [1.82, 2.24) is 21.0 Å². The normalized spacial score (nSPS) is 12.2. The predicted molar refractivity (Wildman–Crippen MR) is 225 cm³/mol. The van der Waals surface area contributed by atoms with E-state index in [-0.39, 0.29) is 54.9 Å². The number of hydroxylamine groups is 2. The van der Waals surface area contributed by atoms with Gasteiger partial charge in [-0.05, 0) is 75.1 Å². The van der Waals surface area contributed by atoms with E-state index in [2.05, 4.69) is 16.0 Å². The molecular weight excluding hydrogens is 785 g/mol. The molecule has 4 rings (SSSR count). The van der Waals surface area contributed by atoms with Crippen LogP contribution in [0.1, 0.15) is 109 Å². The van der Waals surface area contributed by atoms with Gasteiger partial charge in [0.1, 0.15) is 29.9 Å². The molecule has 15 heteroatoms. The maximum atomic E-state index is 13.6. The van der Waals surface area contributed by atoms with E-state index in [1.54, 1.807) is 87.5 Å². The number of benzene rings is 3. The number of Topliss-reactive ketones (excluding diaryl/α,β-unsaturated/α-hetero) is 1. The third kappa shape index (κ3) is 13.6. The molecule has 0 saturated carbocycles. The first-order chi connectivity index (χ1) is 29.4. The lowest BCUT2D eigenvalue weighted by molar-refractivity contribution is -0.171. The molecule has 3 N–H and O–H groups in total. The van der Waals surface area contributed by atoms with Gasteiger partial charge in [-0.2, -0.15) is 5.06 Å². The number of carbonyl (C=O) groups is 7. The van der Waals surface area contributed by atoms with Gasteiger partial charge >= 0.3 is 11.9 Å². The molecule has 0 radical (unpaired) electrons. The number of hydrogen-bond donors (Lipinski definition) is 3. The third-order valence-corrected chi connectivity index (χ3v) is 9.78. The molecule has 0 spiro atoms. The van der Waals surface area contributed by atoms with Crippen LogP contribution < -0.4 is 20.7 Å². The quantitative estimate of drug-likeness (QED) is 0.0229. The zero-order chi connectivity index (χ0) is 44.3. The third-order valence-electron chi connectivity index (χ3n) is 9.78. The number of rotatable bonds is 24. The second-order valence-corrected chi connectivity index (χ2v) is 14.3. The van der Waals surface area contributed by atoms with E-state index in [4.69, 9.17) is 18.7 Å². The van der Waals surface area contributed by atoms with Crippen molar-refractivity contribution in [3.63, 3.8) is 0 Å². The maximum absolute atomic E-state index is 13.6. The van der Waals surface area contributed by atoms with Crippen LogP contribution in [0.25, 0.3) is 11.3 Å². The zero-order valence-electron chi connectivity index (χ0n) is 35.2. The summed E-state index contributed by atoms with van der Waals surface area (Å²) in [5.74, 6) is -3.91. The van der Waals surface area contributed by atoms with Crippen molar-refractivity contribution < 1.29 is 52.3 Å². The minimum Gasteiger partial charge on any atom is -0.493 e. The first-order valence-corrected chi connectivity index (χ1v) is 20.4. The van der Waals surface area contributed by atoms with Gasteiger partial charge in [-0.15, -0.1) is 0 Å². The largest absolute Gasteiger partial charge is 0.493 e. The van der Waals surface area contributed by atoms with Crippen LogP contribution >= 0.6 is 0 Å². The van der Waals surface area contributed by atoms with Gasteiger partial charge in [-0.1, -0.05) is 87.7 Å². The van der Waals surface area contributed by atoms with Crippen LogP contribution in [-0.2, 0) is 35.4 Å². The molecule has 324 valence electrons. The van der Waals surface area contributed by atoms with E-state index in [1.165, 1.54) is 19.1 Å². The number of aryl methyl sites for hydroxylation is 1. The standard InChI is InChI=1S/C46H54N4O11/c1-6-9-11-20-35(38(7-2)50(29-51)61-45(56)34-19-15-14-16-30(34)4)42(53)47-28-48-44(55)40-24-23-39(60-40)33-21-22-36(41(26-33)58-8-3)43(54)49-37(25-31(5)52)46(57)59-27-32-17-12-10-13-18-32/h10,12-19,21-24,26,29,35,37-38H,6-9,11,20,25,27-28H2,1-5H3,(H,47,53)(H,48,55)(H,49,54)/t35-,37+,38-/m1/s1. The SMILES string of the molecule is CCCCC[C@@H](C(=O)NCNC(=O)c1ccc(-c2ccc(C(=O)N[C@@H](CC(C)=O)C(=O)OCc3ccccc3)c(OCC)c2)o1)[C@@H](CC)N(C=O)OC(=O)c1ccccc1C. The number of ketones is 1. The molecule has 61 heavy (non-hydrogen) atoms. The van der Waals surface area contributed by atoms with E-state index in [1.807, 2.05) is 13.0 Å². The lowest BCUT2D eigenvalue weighted by atomic mass is 9.90. The minimum atomic E-state index is -1.24. The second kappa shape index (κ2) is 23.7. The number of amides is 4. The summed E-state index contributed by atoms with van der Waals surface area (Å²) in [5, 5.41) is 8.84. The average molecular weight is 839 g/mol. The Bertz CT molecular complexity index is 2130. The van der Waals surface area contributed by atoms with Crippen LogP contribution in [0.15, 0.2) is 89.3 Å². The van der Waals surface area contributed by atoms with Gasteiger partial charge in [0, 0.05) is 12.0 Å². The average Bonchev–Trinajstić information content (AvgIpc) is 3.76. The van der Waals surface area contributed by atoms with Crippen molar-refractivity contribution in [2.75, 3.05) is 13.3 Å². The van der Waals surface area contributed by atoms with E-state index < -0.39 is 47.7 Å². The van der Waals surface area contributed by atoms with Crippen LogP contribution in [-0.4, -0.2) is 72.3 Å². The van der Waals surface area contributed by atoms with Crippen molar-refractivity contribution in [3.05, 3.63) is 113 Å². The number of carbonyl (C=O) groups excluding carboxylic acids is 7. The van der Waals surface area contributed by atoms with Crippen molar-refractivity contribution in [2.45, 2.75) is 91.8 Å². The fourth-order valence-electron chi connectivity index (χ4n) is 6.60. The fourth-order valence-corrected chi connectivity index (χ4v) is 6.60. The summed E-state index contributed by atoms with van der Waals surface area (Å²) in [7, 11) is 0. The highest BCUT2D eigenvalue weighted by Crippen LogP contribution is 2.30. The van der Waals surface area contributed by atoms with Gasteiger partial charge in [-0.3, -0.25) is 24.0 Å². The molecule has 0 fully saturated rings. The highest BCUT2D eigenvalue weighted by molar-refractivity contribution is 6.00. The summed E-state index contributed by atoms with van der Waals surface area (Å²) in [6, 6.07) is 21.4. The highest BCUT2D eigenvalue weighted by Gasteiger charge is 2.34. The predicted octanol–water partition coefficient (Wildman–Crippen LogP) is 6.48. The van der Waals surface area contributed by atoms with E-state index in [9.17, 15) is 33.6 Å². The molecule has 4 aromatic rings. The van der Waals surface area contributed by atoms with Crippen LogP contribution in [0, 0.1) is 12.8 Å². The zero-order valence-corrected chi connectivity index (χ0v) is 35.2. The Kier molecular flexibility index (Phi) is 18.2. The lowest BCUT2D eigenvalue weighted by Gasteiger charge is -2.32. The number of unbranched alkanes of at least 4 members (excludes halogenated alkanes) is 2. The number of nitrogens with zero attached hydrogens (tertiary/aromatic N) is 1. The van der Waals surface area contributed by atoms with Gasteiger partial charge in [0.25, 0.3) is 11.8 Å². The number of furan rings is 1. The molecular formula is C46H54N4O11. The number of nitrogens with one attached hydrogen (secondary N) is 3. The summed E-state index contributed by atoms with van der Waals surface area (Å²) in [6.45, 7) is 8.52. The van der Waals surface area contributed by atoms with E-state index in [0.29, 0.717) is 42.4 Å². The Morgan fingerprint density at radius 3 is 2.25 bits per heavy atom. The molecule has 0 bridgehead atoms. The molecule has 0 aliphatic carbocycles. The first kappa shape index (κ1) is 46.9.